The lowest BCUT2D eigenvalue weighted by Gasteiger charge is -2.26. The molecule has 3 rings (SSSR count). The van der Waals surface area contributed by atoms with Crippen molar-refractivity contribution in [3.63, 3.8) is 0 Å². The maximum atomic E-state index is 13.6. The van der Waals surface area contributed by atoms with E-state index in [1.807, 2.05) is 0 Å². The van der Waals surface area contributed by atoms with E-state index in [-0.39, 0.29) is 28.6 Å². The van der Waals surface area contributed by atoms with Gasteiger partial charge in [0, 0.05) is 5.02 Å². The molecule has 0 bridgehead atoms. The molecule has 3 atom stereocenters. The first-order valence-electron chi connectivity index (χ1n) is 10.6. The molecular formula is C24H24Cl2F3NO3. The second-order valence-corrected chi connectivity index (χ2v) is 9.41. The van der Waals surface area contributed by atoms with Gasteiger partial charge in [0.15, 0.2) is 0 Å². The third-order valence-corrected chi connectivity index (χ3v) is 6.56. The SMILES string of the molecule is CC(C(C(=O)Nc1cc(C(CC(=O)O)CC2CC2)ccc1Cl)c1ccc(Cl)cc1)C(F)(F)F. The number of carboxylic acid groups (broad SMARTS) is 1. The van der Waals surface area contributed by atoms with Crippen LogP contribution in [0.2, 0.25) is 10.0 Å². The zero-order valence-corrected chi connectivity index (χ0v) is 19.3. The van der Waals surface area contributed by atoms with Crippen molar-refractivity contribution in [3.8, 4) is 0 Å². The fourth-order valence-electron chi connectivity index (χ4n) is 3.93. The maximum absolute atomic E-state index is 13.6. The van der Waals surface area contributed by atoms with Crippen LogP contribution in [0.15, 0.2) is 42.5 Å². The molecule has 1 aliphatic carbocycles. The number of carbonyl (C=O) groups is 2. The summed E-state index contributed by atoms with van der Waals surface area (Å²) in [5, 5.41) is 12.3. The van der Waals surface area contributed by atoms with Crippen LogP contribution in [0.4, 0.5) is 18.9 Å². The fraction of sp³-hybridized carbons (Fsp3) is 0.417. The molecule has 0 aromatic heterocycles. The van der Waals surface area contributed by atoms with Gasteiger partial charge in [-0.05, 0) is 53.6 Å². The lowest BCUT2D eigenvalue weighted by atomic mass is 9.85. The Bertz CT molecular complexity index is 1010. The van der Waals surface area contributed by atoms with Gasteiger partial charge in [-0.1, -0.05) is 61.2 Å². The van der Waals surface area contributed by atoms with E-state index in [0.717, 1.165) is 19.8 Å². The van der Waals surface area contributed by atoms with Crippen LogP contribution >= 0.6 is 23.2 Å². The van der Waals surface area contributed by atoms with Crippen molar-refractivity contribution in [2.75, 3.05) is 5.32 Å². The highest BCUT2D eigenvalue weighted by Crippen LogP contribution is 2.42. The summed E-state index contributed by atoms with van der Waals surface area (Å²) in [5.74, 6) is -5.10. The highest BCUT2D eigenvalue weighted by atomic mass is 35.5. The molecule has 0 saturated heterocycles. The topological polar surface area (TPSA) is 66.4 Å². The quantitative estimate of drug-likeness (QED) is 0.379. The van der Waals surface area contributed by atoms with Crippen molar-refractivity contribution in [1.82, 2.24) is 0 Å². The molecule has 2 N–H and O–H groups in total. The summed E-state index contributed by atoms with van der Waals surface area (Å²) in [6, 6.07) is 10.4. The van der Waals surface area contributed by atoms with Gasteiger partial charge in [0.05, 0.1) is 29.0 Å². The molecule has 2 aromatic rings. The average Bonchev–Trinajstić information content (AvgIpc) is 3.54. The van der Waals surface area contributed by atoms with Crippen molar-refractivity contribution < 1.29 is 27.9 Å². The van der Waals surface area contributed by atoms with E-state index in [0.29, 0.717) is 22.9 Å². The van der Waals surface area contributed by atoms with Gasteiger partial charge < -0.3 is 10.4 Å². The lowest BCUT2D eigenvalue weighted by Crippen LogP contribution is -2.34. The van der Waals surface area contributed by atoms with Crippen molar-refractivity contribution >= 4 is 40.8 Å². The van der Waals surface area contributed by atoms with Gasteiger partial charge in [-0.15, -0.1) is 0 Å². The summed E-state index contributed by atoms with van der Waals surface area (Å²) < 4.78 is 40.7. The molecule has 33 heavy (non-hydrogen) atoms. The first-order valence-corrected chi connectivity index (χ1v) is 11.4. The van der Waals surface area contributed by atoms with Gasteiger partial charge in [0.1, 0.15) is 0 Å². The van der Waals surface area contributed by atoms with Crippen molar-refractivity contribution in [2.24, 2.45) is 11.8 Å². The molecule has 0 radical (unpaired) electrons. The normalized spacial score (nSPS) is 16.7. The van der Waals surface area contributed by atoms with E-state index >= 15 is 0 Å². The van der Waals surface area contributed by atoms with Gasteiger partial charge in [-0.3, -0.25) is 9.59 Å². The molecule has 0 spiro atoms. The third kappa shape index (κ3) is 6.87. The third-order valence-electron chi connectivity index (χ3n) is 5.98. The molecule has 1 amide bonds. The van der Waals surface area contributed by atoms with Crippen LogP contribution in [0.3, 0.4) is 0 Å². The van der Waals surface area contributed by atoms with E-state index < -0.39 is 29.9 Å². The summed E-state index contributed by atoms with van der Waals surface area (Å²) in [6.07, 6.45) is -1.90. The van der Waals surface area contributed by atoms with Crippen molar-refractivity contribution in [2.45, 2.75) is 50.6 Å². The summed E-state index contributed by atoms with van der Waals surface area (Å²) in [6.45, 7) is 0.954. The smallest absolute Gasteiger partial charge is 0.392 e. The minimum atomic E-state index is -4.61. The van der Waals surface area contributed by atoms with Gasteiger partial charge in [0.2, 0.25) is 5.91 Å². The Morgan fingerprint density at radius 2 is 1.70 bits per heavy atom. The molecule has 178 valence electrons. The first-order chi connectivity index (χ1) is 15.5. The van der Waals surface area contributed by atoms with E-state index in [9.17, 15) is 27.9 Å². The molecule has 0 heterocycles. The van der Waals surface area contributed by atoms with Gasteiger partial charge in [-0.25, -0.2) is 0 Å². The van der Waals surface area contributed by atoms with E-state index in [1.54, 1.807) is 12.1 Å². The minimum absolute atomic E-state index is 0.0793. The molecule has 2 aromatic carbocycles. The number of aliphatic carboxylic acids is 1. The largest absolute Gasteiger partial charge is 0.481 e. The van der Waals surface area contributed by atoms with Crippen molar-refractivity contribution in [1.29, 1.82) is 0 Å². The second-order valence-electron chi connectivity index (χ2n) is 8.56. The van der Waals surface area contributed by atoms with Crippen LogP contribution in [-0.2, 0) is 9.59 Å². The second kappa shape index (κ2) is 10.3. The number of rotatable bonds is 9. The highest BCUT2D eigenvalue weighted by molar-refractivity contribution is 6.33. The van der Waals surface area contributed by atoms with Gasteiger partial charge in [-0.2, -0.15) is 13.2 Å². The zero-order chi connectivity index (χ0) is 24.3. The average molecular weight is 502 g/mol. The van der Waals surface area contributed by atoms with E-state index in [4.69, 9.17) is 23.2 Å². The summed E-state index contributed by atoms with van der Waals surface area (Å²) in [7, 11) is 0. The number of alkyl halides is 3. The fourth-order valence-corrected chi connectivity index (χ4v) is 4.22. The van der Waals surface area contributed by atoms with Crippen LogP contribution in [0.25, 0.3) is 0 Å². The number of carboxylic acids is 1. The van der Waals surface area contributed by atoms with Crippen LogP contribution in [0.5, 0.6) is 0 Å². The number of hydrogen-bond acceptors (Lipinski definition) is 2. The Balaban J connectivity index is 1.90. The van der Waals surface area contributed by atoms with E-state index in [1.165, 1.54) is 30.3 Å². The Morgan fingerprint density at radius 3 is 2.24 bits per heavy atom. The lowest BCUT2D eigenvalue weighted by molar-refractivity contribution is -0.178. The molecule has 0 aliphatic heterocycles. The van der Waals surface area contributed by atoms with Gasteiger partial charge in [0.25, 0.3) is 0 Å². The Labute approximate surface area is 200 Å². The summed E-state index contributed by atoms with van der Waals surface area (Å²) in [4.78, 5) is 24.4. The zero-order valence-electron chi connectivity index (χ0n) is 17.8. The number of halogens is 5. The highest BCUT2D eigenvalue weighted by Gasteiger charge is 2.45. The summed E-state index contributed by atoms with van der Waals surface area (Å²) >= 11 is 12.1. The predicted octanol–water partition coefficient (Wildman–Crippen LogP) is 7.27. The Hall–Kier alpha value is -2.25. The van der Waals surface area contributed by atoms with Crippen LogP contribution in [0, 0.1) is 11.8 Å². The number of carbonyl (C=O) groups excluding carboxylic acids is 1. The molecule has 4 nitrogen and oxygen atoms in total. The predicted molar refractivity (Wildman–Crippen MR) is 122 cm³/mol. The van der Waals surface area contributed by atoms with Crippen LogP contribution < -0.4 is 5.32 Å². The molecule has 9 heteroatoms. The Morgan fingerprint density at radius 1 is 1.09 bits per heavy atom. The van der Waals surface area contributed by atoms with Crippen molar-refractivity contribution in [3.05, 3.63) is 63.6 Å². The van der Waals surface area contributed by atoms with E-state index in [2.05, 4.69) is 5.32 Å². The minimum Gasteiger partial charge on any atom is -0.481 e. The molecule has 1 saturated carbocycles. The number of nitrogens with one attached hydrogen (secondary N) is 1. The molecule has 1 fully saturated rings. The number of benzene rings is 2. The first kappa shape index (κ1) is 25.4. The number of anilines is 1. The number of amides is 1. The maximum Gasteiger partial charge on any atom is 0.392 e. The molecular weight excluding hydrogens is 478 g/mol. The molecule has 3 unspecified atom stereocenters. The monoisotopic (exact) mass is 501 g/mol. The van der Waals surface area contributed by atoms with Crippen LogP contribution in [0.1, 0.15) is 55.6 Å². The number of hydrogen-bond donors (Lipinski definition) is 2. The van der Waals surface area contributed by atoms with Gasteiger partial charge >= 0.3 is 12.1 Å². The standard InChI is InChI=1S/C24H24Cl2F3NO3/c1-13(24(27,28)29)22(15-4-7-18(25)8-5-15)23(33)30-20-11-16(6-9-19(20)26)17(12-21(31)32)10-14-2-3-14/h4-9,11,13-14,17,22H,2-3,10,12H2,1H3,(H,30,33)(H,31,32). The summed E-state index contributed by atoms with van der Waals surface area (Å²) in [5.41, 5.74) is 1.00. The van der Waals surface area contributed by atoms with Crippen LogP contribution in [-0.4, -0.2) is 23.2 Å². The molecule has 1 aliphatic rings. The Kier molecular flexibility index (Phi) is 7.96.